The maximum Gasteiger partial charge on any atom is 0.265 e. The Morgan fingerprint density at radius 3 is 2.30 bits per heavy atom. The van der Waals surface area contributed by atoms with E-state index in [-0.39, 0.29) is 11.3 Å². The molecule has 3 aromatic rings. The van der Waals surface area contributed by atoms with Gasteiger partial charge in [-0.2, -0.15) is 0 Å². The highest BCUT2D eigenvalue weighted by Gasteiger charge is 2.17. The molecule has 5 heteroatoms. The molecule has 1 heterocycles. The number of aromatic nitrogens is 2. The van der Waals surface area contributed by atoms with E-state index in [2.05, 4.69) is 31.1 Å². The van der Waals surface area contributed by atoms with Crippen molar-refractivity contribution in [1.82, 2.24) is 9.55 Å². The van der Waals surface area contributed by atoms with Crippen molar-refractivity contribution in [3.8, 4) is 11.4 Å². The maximum absolute atomic E-state index is 12.4. The first-order chi connectivity index (χ1) is 12.8. The SMILES string of the molecule is CC(Oc1ccc(C(C)(C)C)cc1)C(=O)Nc1ccc(-n2ccnc2)cc1. The van der Waals surface area contributed by atoms with Gasteiger partial charge in [0.05, 0.1) is 6.33 Å². The summed E-state index contributed by atoms with van der Waals surface area (Å²) in [6.45, 7) is 8.23. The Morgan fingerprint density at radius 1 is 1.07 bits per heavy atom. The zero-order valence-corrected chi connectivity index (χ0v) is 16.1. The fraction of sp³-hybridized carbons (Fsp3) is 0.273. The summed E-state index contributed by atoms with van der Waals surface area (Å²) >= 11 is 0. The molecule has 1 aromatic heterocycles. The number of ether oxygens (including phenoxy) is 1. The average Bonchev–Trinajstić information content (AvgIpc) is 3.16. The molecule has 0 aliphatic heterocycles. The third-order valence-corrected chi connectivity index (χ3v) is 4.34. The normalized spacial score (nSPS) is 12.4. The van der Waals surface area contributed by atoms with E-state index in [9.17, 15) is 4.79 Å². The van der Waals surface area contributed by atoms with Crippen LogP contribution in [0.15, 0.2) is 67.3 Å². The van der Waals surface area contributed by atoms with Gasteiger partial charge in [0.25, 0.3) is 5.91 Å². The van der Waals surface area contributed by atoms with Gasteiger partial charge in [-0.1, -0.05) is 32.9 Å². The van der Waals surface area contributed by atoms with Crippen LogP contribution in [0.25, 0.3) is 5.69 Å². The molecule has 1 N–H and O–H groups in total. The predicted molar refractivity (Wildman–Crippen MR) is 107 cm³/mol. The molecule has 140 valence electrons. The van der Waals surface area contributed by atoms with Gasteiger partial charge in [-0.15, -0.1) is 0 Å². The molecule has 0 aliphatic carbocycles. The number of hydrogen-bond donors (Lipinski definition) is 1. The third-order valence-electron chi connectivity index (χ3n) is 4.34. The summed E-state index contributed by atoms with van der Waals surface area (Å²) in [6.07, 6.45) is 4.73. The number of carbonyl (C=O) groups is 1. The molecule has 0 saturated heterocycles. The lowest BCUT2D eigenvalue weighted by Crippen LogP contribution is -2.30. The lowest BCUT2D eigenvalue weighted by molar-refractivity contribution is -0.122. The van der Waals surface area contributed by atoms with Crippen LogP contribution in [0, 0.1) is 0 Å². The second-order valence-electron chi connectivity index (χ2n) is 7.54. The van der Waals surface area contributed by atoms with Gasteiger partial charge in [0, 0.05) is 23.8 Å². The first kappa shape index (κ1) is 18.7. The molecule has 2 aromatic carbocycles. The van der Waals surface area contributed by atoms with E-state index in [1.165, 1.54) is 5.56 Å². The number of rotatable bonds is 5. The zero-order chi connectivity index (χ0) is 19.4. The monoisotopic (exact) mass is 363 g/mol. The number of hydrogen-bond acceptors (Lipinski definition) is 3. The van der Waals surface area contributed by atoms with Gasteiger partial charge in [-0.3, -0.25) is 4.79 Å². The number of anilines is 1. The molecular formula is C22H25N3O2. The van der Waals surface area contributed by atoms with Crippen LogP contribution in [0.5, 0.6) is 5.75 Å². The van der Waals surface area contributed by atoms with E-state index in [1.54, 1.807) is 19.4 Å². The van der Waals surface area contributed by atoms with Crippen molar-refractivity contribution in [3.63, 3.8) is 0 Å². The number of nitrogens with zero attached hydrogens (tertiary/aromatic N) is 2. The number of amides is 1. The Labute approximate surface area is 160 Å². The predicted octanol–water partition coefficient (Wildman–Crippen LogP) is 4.58. The molecule has 0 bridgehead atoms. The topological polar surface area (TPSA) is 56.1 Å². The van der Waals surface area contributed by atoms with Crippen molar-refractivity contribution in [2.45, 2.75) is 39.2 Å². The fourth-order valence-electron chi connectivity index (χ4n) is 2.66. The molecule has 0 spiro atoms. The standard InChI is InChI=1S/C22H25N3O2/c1-16(27-20-11-5-17(6-12-20)22(2,3)4)21(26)24-18-7-9-19(10-8-18)25-14-13-23-15-25/h5-16H,1-4H3,(H,24,26). The molecule has 1 atom stereocenters. The van der Waals surface area contributed by atoms with Gasteiger partial charge in [0.2, 0.25) is 0 Å². The molecule has 1 unspecified atom stereocenters. The van der Waals surface area contributed by atoms with Crippen molar-refractivity contribution in [2.75, 3.05) is 5.32 Å². The molecule has 0 aliphatic rings. The van der Waals surface area contributed by atoms with Gasteiger partial charge < -0.3 is 14.6 Å². The summed E-state index contributed by atoms with van der Waals surface area (Å²) in [5, 5.41) is 2.88. The second-order valence-corrected chi connectivity index (χ2v) is 7.54. The van der Waals surface area contributed by atoms with Crippen molar-refractivity contribution >= 4 is 11.6 Å². The van der Waals surface area contributed by atoms with Crippen LogP contribution >= 0.6 is 0 Å². The Kier molecular flexibility index (Phi) is 5.31. The Balaban J connectivity index is 1.59. The molecule has 27 heavy (non-hydrogen) atoms. The zero-order valence-electron chi connectivity index (χ0n) is 16.1. The van der Waals surface area contributed by atoms with Gasteiger partial charge >= 0.3 is 0 Å². The van der Waals surface area contributed by atoms with Gasteiger partial charge in [0.15, 0.2) is 6.10 Å². The molecule has 1 amide bonds. The molecule has 0 radical (unpaired) electrons. The van der Waals surface area contributed by atoms with E-state index in [0.717, 1.165) is 11.4 Å². The van der Waals surface area contributed by atoms with Crippen LogP contribution < -0.4 is 10.1 Å². The highest BCUT2D eigenvalue weighted by Crippen LogP contribution is 2.24. The minimum absolute atomic E-state index is 0.0877. The Hall–Kier alpha value is -3.08. The summed E-state index contributed by atoms with van der Waals surface area (Å²) in [4.78, 5) is 16.4. The summed E-state index contributed by atoms with van der Waals surface area (Å²) in [6, 6.07) is 15.5. The van der Waals surface area contributed by atoms with Crippen molar-refractivity contribution in [1.29, 1.82) is 0 Å². The average molecular weight is 363 g/mol. The molecule has 5 nitrogen and oxygen atoms in total. The summed E-state index contributed by atoms with van der Waals surface area (Å²) < 4.78 is 7.68. The minimum atomic E-state index is -0.598. The molecule has 0 fully saturated rings. The second kappa shape index (κ2) is 7.66. The molecule has 3 rings (SSSR count). The minimum Gasteiger partial charge on any atom is -0.481 e. The fourth-order valence-corrected chi connectivity index (χ4v) is 2.66. The summed E-state index contributed by atoms with van der Waals surface area (Å²) in [7, 11) is 0. The third kappa shape index (κ3) is 4.76. The van der Waals surface area contributed by atoms with E-state index < -0.39 is 6.10 Å². The largest absolute Gasteiger partial charge is 0.481 e. The maximum atomic E-state index is 12.4. The first-order valence-electron chi connectivity index (χ1n) is 8.99. The first-order valence-corrected chi connectivity index (χ1v) is 8.99. The number of benzene rings is 2. The van der Waals surface area contributed by atoms with Crippen LogP contribution in [0.3, 0.4) is 0 Å². The Morgan fingerprint density at radius 2 is 1.74 bits per heavy atom. The lowest BCUT2D eigenvalue weighted by Gasteiger charge is -2.20. The Bertz CT molecular complexity index is 877. The van der Waals surface area contributed by atoms with E-state index in [0.29, 0.717) is 5.75 Å². The van der Waals surface area contributed by atoms with Crippen LogP contribution in [0.2, 0.25) is 0 Å². The van der Waals surface area contributed by atoms with Crippen molar-refractivity contribution in [3.05, 3.63) is 72.8 Å². The highest BCUT2D eigenvalue weighted by molar-refractivity contribution is 5.94. The quantitative estimate of drug-likeness (QED) is 0.722. The van der Waals surface area contributed by atoms with Crippen molar-refractivity contribution in [2.24, 2.45) is 0 Å². The van der Waals surface area contributed by atoms with Crippen LogP contribution in [0.4, 0.5) is 5.69 Å². The van der Waals surface area contributed by atoms with Crippen LogP contribution in [0.1, 0.15) is 33.3 Å². The van der Waals surface area contributed by atoms with Gasteiger partial charge in [-0.05, 0) is 54.3 Å². The van der Waals surface area contributed by atoms with Gasteiger partial charge in [0.1, 0.15) is 5.75 Å². The van der Waals surface area contributed by atoms with E-state index in [1.807, 2.05) is 59.3 Å². The van der Waals surface area contributed by atoms with Crippen molar-refractivity contribution < 1.29 is 9.53 Å². The number of carbonyl (C=O) groups excluding carboxylic acids is 1. The lowest BCUT2D eigenvalue weighted by atomic mass is 9.87. The summed E-state index contributed by atoms with van der Waals surface area (Å²) in [5.41, 5.74) is 3.02. The number of imidazole rings is 1. The molecular weight excluding hydrogens is 338 g/mol. The van der Waals surface area contributed by atoms with Crippen LogP contribution in [-0.2, 0) is 10.2 Å². The highest BCUT2D eigenvalue weighted by atomic mass is 16.5. The van der Waals surface area contributed by atoms with E-state index in [4.69, 9.17) is 4.74 Å². The molecule has 0 saturated carbocycles. The smallest absolute Gasteiger partial charge is 0.265 e. The number of nitrogens with one attached hydrogen (secondary N) is 1. The van der Waals surface area contributed by atoms with E-state index >= 15 is 0 Å². The summed E-state index contributed by atoms with van der Waals surface area (Å²) in [5.74, 6) is 0.492. The van der Waals surface area contributed by atoms with Gasteiger partial charge in [-0.25, -0.2) is 4.98 Å². The van der Waals surface area contributed by atoms with Crippen LogP contribution in [-0.4, -0.2) is 21.6 Å².